The lowest BCUT2D eigenvalue weighted by Crippen LogP contribution is -2.20. The molecule has 0 spiro atoms. The van der Waals surface area contributed by atoms with Crippen LogP contribution in [0, 0.1) is 5.92 Å². The molecule has 6 heteroatoms. The Bertz CT molecular complexity index is 559. The number of aromatic nitrogens is 4. The van der Waals surface area contributed by atoms with Crippen molar-refractivity contribution in [3.05, 3.63) is 24.4 Å². The van der Waals surface area contributed by atoms with Crippen molar-refractivity contribution >= 4 is 11.9 Å². The second-order valence-electron chi connectivity index (χ2n) is 4.71. The SMILES string of the molecule is O=C(Nc1nnc(-c2ccccn2)[nH]1)C1CCCC1. The molecular weight excluding hydrogens is 242 g/mol. The van der Waals surface area contributed by atoms with E-state index in [1.807, 2.05) is 18.2 Å². The van der Waals surface area contributed by atoms with Gasteiger partial charge in [-0.15, -0.1) is 10.2 Å². The van der Waals surface area contributed by atoms with E-state index >= 15 is 0 Å². The van der Waals surface area contributed by atoms with Crippen LogP contribution in [0.2, 0.25) is 0 Å². The first kappa shape index (κ1) is 11.8. The van der Waals surface area contributed by atoms with E-state index in [1.165, 1.54) is 0 Å². The van der Waals surface area contributed by atoms with E-state index in [1.54, 1.807) is 6.20 Å². The number of pyridine rings is 1. The Balaban J connectivity index is 1.70. The normalized spacial score (nSPS) is 15.6. The molecule has 0 unspecified atom stereocenters. The molecule has 98 valence electrons. The number of amides is 1. The van der Waals surface area contributed by atoms with E-state index < -0.39 is 0 Å². The number of hydrogen-bond acceptors (Lipinski definition) is 4. The van der Waals surface area contributed by atoms with E-state index in [9.17, 15) is 4.79 Å². The van der Waals surface area contributed by atoms with Gasteiger partial charge >= 0.3 is 0 Å². The third kappa shape index (κ3) is 2.62. The maximum Gasteiger partial charge on any atom is 0.229 e. The van der Waals surface area contributed by atoms with E-state index in [4.69, 9.17) is 0 Å². The van der Waals surface area contributed by atoms with E-state index in [-0.39, 0.29) is 11.8 Å². The predicted octanol–water partition coefficient (Wildman–Crippen LogP) is 2.00. The molecule has 1 saturated carbocycles. The Morgan fingerprint density at radius 2 is 2.11 bits per heavy atom. The molecule has 0 bridgehead atoms. The van der Waals surface area contributed by atoms with E-state index in [2.05, 4.69) is 25.5 Å². The van der Waals surface area contributed by atoms with Crippen LogP contribution in [0.1, 0.15) is 25.7 Å². The van der Waals surface area contributed by atoms with Crippen LogP contribution in [0.25, 0.3) is 11.5 Å². The molecule has 2 N–H and O–H groups in total. The average molecular weight is 257 g/mol. The summed E-state index contributed by atoms with van der Waals surface area (Å²) >= 11 is 0. The third-order valence-corrected chi connectivity index (χ3v) is 3.36. The standard InChI is InChI=1S/C13H15N5O/c19-12(9-5-1-2-6-9)16-13-15-11(17-18-13)10-7-3-4-8-14-10/h3-4,7-9H,1-2,5-6H2,(H2,15,16,17,18,19). The molecule has 0 saturated heterocycles. The van der Waals surface area contributed by atoms with E-state index in [0.29, 0.717) is 17.5 Å². The van der Waals surface area contributed by atoms with Crippen LogP contribution >= 0.6 is 0 Å². The van der Waals surface area contributed by atoms with Crippen molar-refractivity contribution in [3.8, 4) is 11.5 Å². The zero-order valence-electron chi connectivity index (χ0n) is 10.5. The summed E-state index contributed by atoms with van der Waals surface area (Å²) in [4.78, 5) is 19.1. The van der Waals surface area contributed by atoms with Crippen molar-refractivity contribution in [1.82, 2.24) is 20.2 Å². The summed E-state index contributed by atoms with van der Waals surface area (Å²) in [5, 5.41) is 10.7. The number of nitrogens with zero attached hydrogens (tertiary/aromatic N) is 3. The van der Waals surface area contributed by atoms with Gasteiger partial charge in [0.25, 0.3) is 0 Å². The molecule has 3 rings (SSSR count). The fraction of sp³-hybridized carbons (Fsp3) is 0.385. The first-order valence-electron chi connectivity index (χ1n) is 6.48. The highest BCUT2D eigenvalue weighted by Crippen LogP contribution is 2.25. The Morgan fingerprint density at radius 3 is 2.84 bits per heavy atom. The molecule has 2 heterocycles. The number of hydrogen-bond donors (Lipinski definition) is 2. The first-order valence-corrected chi connectivity index (χ1v) is 6.48. The second kappa shape index (κ2) is 5.17. The quantitative estimate of drug-likeness (QED) is 0.880. The fourth-order valence-electron chi connectivity index (χ4n) is 2.34. The molecular formula is C13H15N5O. The maximum atomic E-state index is 11.9. The maximum absolute atomic E-state index is 11.9. The summed E-state index contributed by atoms with van der Waals surface area (Å²) in [6.07, 6.45) is 5.89. The van der Waals surface area contributed by atoms with Gasteiger partial charge in [-0.05, 0) is 25.0 Å². The lowest BCUT2D eigenvalue weighted by atomic mass is 10.1. The highest BCUT2D eigenvalue weighted by molar-refractivity contribution is 5.91. The third-order valence-electron chi connectivity index (χ3n) is 3.36. The van der Waals surface area contributed by atoms with Crippen molar-refractivity contribution < 1.29 is 4.79 Å². The van der Waals surface area contributed by atoms with Gasteiger partial charge in [0.2, 0.25) is 11.9 Å². The van der Waals surface area contributed by atoms with Gasteiger partial charge in [-0.1, -0.05) is 18.9 Å². The van der Waals surface area contributed by atoms with Crippen LogP contribution in [-0.2, 0) is 4.79 Å². The molecule has 6 nitrogen and oxygen atoms in total. The van der Waals surface area contributed by atoms with Gasteiger partial charge in [0.15, 0.2) is 5.82 Å². The van der Waals surface area contributed by atoms with Crippen molar-refractivity contribution in [2.24, 2.45) is 5.92 Å². The molecule has 0 radical (unpaired) electrons. The van der Waals surface area contributed by atoms with Gasteiger partial charge in [-0.25, -0.2) is 0 Å². The molecule has 0 aliphatic heterocycles. The highest BCUT2D eigenvalue weighted by Gasteiger charge is 2.23. The molecule has 1 aliphatic rings. The van der Waals surface area contributed by atoms with Crippen LogP contribution in [-0.4, -0.2) is 26.1 Å². The lowest BCUT2D eigenvalue weighted by molar-refractivity contribution is -0.119. The summed E-state index contributed by atoms with van der Waals surface area (Å²) in [5.41, 5.74) is 0.705. The van der Waals surface area contributed by atoms with Crippen molar-refractivity contribution in [2.45, 2.75) is 25.7 Å². The minimum absolute atomic E-state index is 0.0289. The number of carbonyl (C=O) groups excluding carboxylic acids is 1. The highest BCUT2D eigenvalue weighted by atomic mass is 16.2. The smallest absolute Gasteiger partial charge is 0.229 e. The van der Waals surface area contributed by atoms with Crippen LogP contribution in [0.15, 0.2) is 24.4 Å². The number of anilines is 1. The van der Waals surface area contributed by atoms with Gasteiger partial charge in [0.05, 0.1) is 0 Å². The summed E-state index contributed by atoms with van der Waals surface area (Å²) in [7, 11) is 0. The second-order valence-corrected chi connectivity index (χ2v) is 4.71. The van der Waals surface area contributed by atoms with Crippen molar-refractivity contribution in [1.29, 1.82) is 0 Å². The summed E-state index contributed by atoms with van der Waals surface area (Å²) < 4.78 is 0. The number of carbonyl (C=O) groups is 1. The minimum atomic E-state index is 0.0289. The van der Waals surface area contributed by atoms with E-state index in [0.717, 1.165) is 25.7 Å². The molecule has 19 heavy (non-hydrogen) atoms. The van der Waals surface area contributed by atoms with Crippen LogP contribution in [0.3, 0.4) is 0 Å². The van der Waals surface area contributed by atoms with Gasteiger partial charge in [0.1, 0.15) is 5.69 Å². The fourth-order valence-corrected chi connectivity index (χ4v) is 2.34. The van der Waals surface area contributed by atoms with Gasteiger partial charge in [-0.2, -0.15) is 0 Å². The zero-order valence-corrected chi connectivity index (χ0v) is 10.5. The van der Waals surface area contributed by atoms with Gasteiger partial charge in [0, 0.05) is 12.1 Å². The van der Waals surface area contributed by atoms with Crippen LogP contribution in [0.4, 0.5) is 5.95 Å². The molecule has 2 aromatic rings. The lowest BCUT2D eigenvalue weighted by Gasteiger charge is -2.06. The Hall–Kier alpha value is -2.24. The van der Waals surface area contributed by atoms with Crippen LogP contribution < -0.4 is 5.32 Å². The minimum Gasteiger partial charge on any atom is -0.306 e. The molecule has 2 aromatic heterocycles. The number of nitrogens with one attached hydrogen (secondary N) is 2. The first-order chi connectivity index (χ1) is 9.33. The van der Waals surface area contributed by atoms with Gasteiger partial charge in [-0.3, -0.25) is 15.1 Å². The zero-order chi connectivity index (χ0) is 13.1. The van der Waals surface area contributed by atoms with Crippen molar-refractivity contribution in [3.63, 3.8) is 0 Å². The summed E-state index contributed by atoms with van der Waals surface area (Å²) in [5.74, 6) is 1.09. The number of aromatic amines is 1. The Kier molecular flexibility index (Phi) is 3.22. The summed E-state index contributed by atoms with van der Waals surface area (Å²) in [6.45, 7) is 0. The predicted molar refractivity (Wildman–Crippen MR) is 70.2 cm³/mol. The molecule has 1 fully saturated rings. The van der Waals surface area contributed by atoms with Crippen LogP contribution in [0.5, 0.6) is 0 Å². The van der Waals surface area contributed by atoms with Crippen molar-refractivity contribution in [2.75, 3.05) is 5.32 Å². The Morgan fingerprint density at radius 1 is 1.26 bits per heavy atom. The topological polar surface area (TPSA) is 83.6 Å². The average Bonchev–Trinajstić information content (AvgIpc) is 3.11. The molecule has 1 amide bonds. The molecule has 1 aliphatic carbocycles. The largest absolute Gasteiger partial charge is 0.306 e. The summed E-state index contributed by atoms with van der Waals surface area (Å²) in [6, 6.07) is 5.55. The Labute approximate surface area is 110 Å². The van der Waals surface area contributed by atoms with Gasteiger partial charge < -0.3 is 4.98 Å². The number of rotatable bonds is 3. The monoisotopic (exact) mass is 257 g/mol. The molecule has 0 atom stereocenters. The molecule has 0 aromatic carbocycles. The number of H-pyrrole nitrogens is 1.